The Hall–Kier alpha value is -2.50. The molecule has 0 spiro atoms. The number of amides is 3. The molecule has 3 aliphatic rings. The van der Waals surface area contributed by atoms with Crippen LogP contribution < -0.4 is 15.1 Å². The molecule has 2 saturated heterocycles. The lowest BCUT2D eigenvalue weighted by Crippen LogP contribution is -2.37. The smallest absolute Gasteiger partial charge is 0.323 e. The number of urea groups is 1. The van der Waals surface area contributed by atoms with Crippen molar-refractivity contribution in [1.29, 1.82) is 0 Å². The van der Waals surface area contributed by atoms with E-state index in [2.05, 4.69) is 10.3 Å². The highest BCUT2D eigenvalue weighted by Gasteiger charge is 2.30. The summed E-state index contributed by atoms with van der Waals surface area (Å²) in [5, 5.41) is 5.16. The molecular weight excluding hydrogens is 450 g/mol. The van der Waals surface area contributed by atoms with Crippen molar-refractivity contribution in [3.05, 3.63) is 34.8 Å². The van der Waals surface area contributed by atoms with Crippen molar-refractivity contribution in [3.8, 4) is 0 Å². The number of carbonyl (C=O) groups excluding carboxylic acids is 2. The Labute approximate surface area is 191 Å². The number of rotatable bonds is 5. The maximum Gasteiger partial charge on any atom is 0.323 e. The van der Waals surface area contributed by atoms with Gasteiger partial charge in [-0.1, -0.05) is 0 Å². The molecule has 0 bridgehead atoms. The number of hydrogen-bond acceptors (Lipinski definition) is 6. The predicted molar refractivity (Wildman–Crippen MR) is 122 cm³/mol. The van der Waals surface area contributed by atoms with Gasteiger partial charge in [-0.05, 0) is 49.4 Å². The van der Waals surface area contributed by atoms with Gasteiger partial charge in [0.2, 0.25) is 15.9 Å². The summed E-state index contributed by atoms with van der Waals surface area (Å²) in [6.07, 6.45) is 3.45. The van der Waals surface area contributed by atoms with Crippen LogP contribution in [0.3, 0.4) is 0 Å². The fraction of sp³-hybridized carbons (Fsp3) is 0.476. The molecule has 32 heavy (non-hydrogen) atoms. The first-order chi connectivity index (χ1) is 15.4. The van der Waals surface area contributed by atoms with Gasteiger partial charge in [0.1, 0.15) is 0 Å². The van der Waals surface area contributed by atoms with Gasteiger partial charge in [0.05, 0.1) is 17.0 Å². The number of hydrogen-bond donors (Lipinski definition) is 1. The molecule has 0 radical (unpaired) electrons. The third-order valence-corrected chi connectivity index (χ3v) is 8.94. The first kappa shape index (κ1) is 21.4. The van der Waals surface area contributed by atoms with E-state index in [9.17, 15) is 18.0 Å². The van der Waals surface area contributed by atoms with E-state index in [1.54, 1.807) is 32.3 Å². The topological polar surface area (TPSA) is 103 Å². The van der Waals surface area contributed by atoms with Crippen LogP contribution >= 0.6 is 11.3 Å². The Kier molecular flexibility index (Phi) is 5.64. The Morgan fingerprint density at radius 1 is 1.12 bits per heavy atom. The molecule has 170 valence electrons. The molecule has 1 aromatic carbocycles. The van der Waals surface area contributed by atoms with Crippen molar-refractivity contribution in [2.24, 2.45) is 0 Å². The van der Waals surface area contributed by atoms with Crippen molar-refractivity contribution in [2.45, 2.75) is 37.0 Å². The van der Waals surface area contributed by atoms with Gasteiger partial charge < -0.3 is 10.2 Å². The molecule has 1 N–H and O–H groups in total. The van der Waals surface area contributed by atoms with Gasteiger partial charge in [-0.15, -0.1) is 11.3 Å². The summed E-state index contributed by atoms with van der Waals surface area (Å²) in [6, 6.07) is 4.94. The maximum atomic E-state index is 13.1. The van der Waals surface area contributed by atoms with Gasteiger partial charge in [-0.2, -0.15) is 4.31 Å². The number of nitrogens with zero attached hydrogens (tertiary/aromatic N) is 4. The summed E-state index contributed by atoms with van der Waals surface area (Å²) in [4.78, 5) is 33.0. The monoisotopic (exact) mass is 475 g/mol. The van der Waals surface area contributed by atoms with Gasteiger partial charge >= 0.3 is 6.03 Å². The molecule has 9 nitrogen and oxygen atoms in total. The van der Waals surface area contributed by atoms with Crippen LogP contribution in [0.25, 0.3) is 0 Å². The van der Waals surface area contributed by atoms with Crippen molar-refractivity contribution in [2.75, 3.05) is 42.5 Å². The lowest BCUT2D eigenvalue weighted by atomic mass is 10.0. The fourth-order valence-corrected chi connectivity index (χ4v) is 6.89. The molecule has 0 atom stereocenters. The zero-order valence-electron chi connectivity index (χ0n) is 17.6. The van der Waals surface area contributed by atoms with Crippen molar-refractivity contribution >= 4 is 44.1 Å². The average Bonchev–Trinajstić information content (AvgIpc) is 3.55. The van der Waals surface area contributed by atoms with E-state index in [1.807, 2.05) is 5.38 Å². The summed E-state index contributed by atoms with van der Waals surface area (Å²) in [5.41, 5.74) is 2.30. The van der Waals surface area contributed by atoms with Crippen LogP contribution in [0.15, 0.2) is 28.5 Å². The number of nitrogens with one attached hydrogen (secondary N) is 1. The molecule has 1 aromatic heterocycles. The Balaban J connectivity index is 1.33. The van der Waals surface area contributed by atoms with Crippen LogP contribution in [0.5, 0.6) is 0 Å². The van der Waals surface area contributed by atoms with Gasteiger partial charge in [-0.25, -0.2) is 18.2 Å². The van der Waals surface area contributed by atoms with Crippen LogP contribution in [-0.2, 0) is 27.7 Å². The Morgan fingerprint density at radius 3 is 2.69 bits per heavy atom. The standard InChI is InChI=1S/C21H25N5O4S2/c27-19(13-16-14-31-21(23-16)26-11-7-22-20(26)28)25-10-3-4-15-12-17(5-6-18(15)25)32(29,30)24-8-1-2-9-24/h5-6,12,14H,1-4,7-11,13H2,(H,22,28). The predicted octanol–water partition coefficient (Wildman–Crippen LogP) is 1.98. The minimum Gasteiger partial charge on any atom is -0.336 e. The van der Waals surface area contributed by atoms with Crippen molar-refractivity contribution < 1.29 is 18.0 Å². The molecule has 0 unspecified atom stereocenters. The van der Waals surface area contributed by atoms with E-state index in [4.69, 9.17) is 0 Å². The molecule has 2 fully saturated rings. The summed E-state index contributed by atoms with van der Waals surface area (Å²) in [6.45, 7) is 2.89. The average molecular weight is 476 g/mol. The van der Waals surface area contributed by atoms with Crippen LogP contribution in [0.2, 0.25) is 0 Å². The molecular formula is C21H25N5O4S2. The first-order valence-electron chi connectivity index (χ1n) is 10.9. The van der Waals surface area contributed by atoms with Gasteiger partial charge in [0.25, 0.3) is 0 Å². The zero-order valence-corrected chi connectivity index (χ0v) is 19.3. The highest BCUT2D eigenvalue weighted by molar-refractivity contribution is 7.89. The molecule has 0 aliphatic carbocycles. The number of anilines is 2. The highest BCUT2D eigenvalue weighted by Crippen LogP contribution is 2.32. The van der Waals surface area contributed by atoms with Gasteiger partial charge in [-0.3, -0.25) is 9.69 Å². The number of aromatic nitrogens is 1. The van der Waals surface area contributed by atoms with E-state index >= 15 is 0 Å². The minimum absolute atomic E-state index is 0.0798. The Bertz CT molecular complexity index is 1160. The molecule has 3 aliphatic heterocycles. The third-order valence-electron chi connectivity index (χ3n) is 6.13. The van der Waals surface area contributed by atoms with E-state index < -0.39 is 10.0 Å². The lowest BCUT2D eigenvalue weighted by Gasteiger charge is -2.30. The van der Waals surface area contributed by atoms with E-state index in [0.717, 1.165) is 36.9 Å². The zero-order chi connectivity index (χ0) is 22.3. The lowest BCUT2D eigenvalue weighted by molar-refractivity contribution is -0.118. The van der Waals surface area contributed by atoms with Crippen molar-refractivity contribution in [1.82, 2.24) is 14.6 Å². The second-order valence-electron chi connectivity index (χ2n) is 8.23. The molecule has 2 aromatic rings. The normalized spacial score (nSPS) is 19.3. The quantitative estimate of drug-likeness (QED) is 0.712. The molecule has 3 amide bonds. The van der Waals surface area contributed by atoms with E-state index in [0.29, 0.717) is 48.4 Å². The number of fused-ring (bicyclic) bond motifs is 1. The SMILES string of the molecule is O=C1NCCN1c1nc(CC(=O)N2CCCc3cc(S(=O)(=O)N4CCCC4)ccc32)cs1. The number of benzene rings is 1. The first-order valence-corrected chi connectivity index (χ1v) is 13.2. The number of sulfonamides is 1. The highest BCUT2D eigenvalue weighted by atomic mass is 32.2. The molecule has 11 heteroatoms. The third kappa shape index (κ3) is 3.89. The minimum atomic E-state index is -3.48. The summed E-state index contributed by atoms with van der Waals surface area (Å²) >= 11 is 1.35. The summed E-state index contributed by atoms with van der Waals surface area (Å²) < 4.78 is 27.4. The molecule has 0 saturated carbocycles. The van der Waals surface area contributed by atoms with E-state index in [1.165, 1.54) is 11.3 Å². The molecule has 5 rings (SSSR count). The fourth-order valence-electron chi connectivity index (χ4n) is 4.48. The largest absolute Gasteiger partial charge is 0.336 e. The van der Waals surface area contributed by atoms with Crippen LogP contribution in [0.1, 0.15) is 30.5 Å². The van der Waals surface area contributed by atoms with Gasteiger partial charge in [0.15, 0.2) is 5.13 Å². The number of carbonyl (C=O) groups is 2. The summed E-state index contributed by atoms with van der Waals surface area (Å²) in [7, 11) is -3.48. The number of thiazole rings is 1. The molecule has 4 heterocycles. The maximum absolute atomic E-state index is 13.1. The second kappa shape index (κ2) is 8.45. The van der Waals surface area contributed by atoms with Gasteiger partial charge in [0, 0.05) is 43.8 Å². The Morgan fingerprint density at radius 2 is 1.94 bits per heavy atom. The van der Waals surface area contributed by atoms with Crippen LogP contribution in [0, 0.1) is 0 Å². The van der Waals surface area contributed by atoms with Crippen LogP contribution in [-0.4, -0.2) is 62.4 Å². The number of aryl methyl sites for hydroxylation is 1. The van der Waals surface area contributed by atoms with E-state index in [-0.39, 0.29) is 18.4 Å². The van der Waals surface area contributed by atoms with Crippen molar-refractivity contribution in [3.63, 3.8) is 0 Å². The second-order valence-corrected chi connectivity index (χ2v) is 11.0. The van der Waals surface area contributed by atoms with Crippen LogP contribution in [0.4, 0.5) is 15.6 Å². The summed E-state index contributed by atoms with van der Waals surface area (Å²) in [5.74, 6) is -0.0798.